The van der Waals surface area contributed by atoms with E-state index in [-0.39, 0.29) is 23.6 Å². The number of benzene rings is 1. The number of carbonyl (C=O) groups is 1. The largest absolute Gasteiger partial charge is 0.469 e. The van der Waals surface area contributed by atoms with E-state index in [1.54, 1.807) is 12.1 Å². The van der Waals surface area contributed by atoms with Crippen LogP contribution in [0.15, 0.2) is 24.3 Å². The van der Waals surface area contributed by atoms with Crippen molar-refractivity contribution in [2.24, 2.45) is 11.8 Å². The summed E-state index contributed by atoms with van der Waals surface area (Å²) in [5.41, 5.74) is 0.997. The van der Waals surface area contributed by atoms with Gasteiger partial charge < -0.3 is 20.1 Å². The van der Waals surface area contributed by atoms with E-state index in [4.69, 9.17) is 0 Å². The standard InChI is InChI=1S/C24H37FO5/c1-30-24(29)7-5-3-2-4-6-20-21(23(28)16-22(20)27)15-14-19(26)13-10-17-8-11-18(25)12-9-17/h8-9,11-12,19-23,26-28H,2-7,10,13-16H2,1H3. The average molecular weight is 425 g/mol. The molecule has 30 heavy (non-hydrogen) atoms. The van der Waals surface area contributed by atoms with Crippen molar-refractivity contribution in [3.8, 4) is 0 Å². The Kier molecular flexibility index (Phi) is 10.8. The zero-order valence-electron chi connectivity index (χ0n) is 18.0. The van der Waals surface area contributed by atoms with Crippen LogP contribution in [0.3, 0.4) is 0 Å². The molecule has 0 amide bonds. The number of halogens is 1. The van der Waals surface area contributed by atoms with E-state index in [1.165, 1.54) is 19.2 Å². The lowest BCUT2D eigenvalue weighted by Gasteiger charge is -2.24. The minimum Gasteiger partial charge on any atom is -0.469 e. The van der Waals surface area contributed by atoms with E-state index in [9.17, 15) is 24.5 Å². The number of aryl methyl sites for hydroxylation is 1. The summed E-state index contributed by atoms with van der Waals surface area (Å²) in [4.78, 5) is 11.1. The van der Waals surface area contributed by atoms with Gasteiger partial charge in [0.2, 0.25) is 0 Å². The predicted octanol–water partition coefficient (Wildman–Crippen LogP) is 3.77. The number of esters is 1. The molecular formula is C24H37FO5. The normalized spacial score (nSPS) is 24.7. The molecule has 2 rings (SSSR count). The minimum atomic E-state index is -0.520. The third-order valence-corrected chi connectivity index (χ3v) is 6.43. The number of rotatable bonds is 13. The van der Waals surface area contributed by atoms with Crippen LogP contribution in [0.25, 0.3) is 0 Å². The van der Waals surface area contributed by atoms with E-state index in [1.807, 2.05) is 0 Å². The van der Waals surface area contributed by atoms with Crippen molar-refractivity contribution in [3.63, 3.8) is 0 Å². The van der Waals surface area contributed by atoms with Crippen molar-refractivity contribution in [2.45, 2.75) is 88.9 Å². The van der Waals surface area contributed by atoms with Gasteiger partial charge in [0, 0.05) is 6.42 Å². The molecule has 0 spiro atoms. The Hall–Kier alpha value is -1.50. The monoisotopic (exact) mass is 424 g/mol. The second kappa shape index (κ2) is 13.0. The van der Waals surface area contributed by atoms with Gasteiger partial charge in [0.15, 0.2) is 0 Å². The molecule has 0 heterocycles. The first-order valence-corrected chi connectivity index (χ1v) is 11.3. The molecule has 6 heteroatoms. The van der Waals surface area contributed by atoms with Gasteiger partial charge in [-0.15, -0.1) is 0 Å². The van der Waals surface area contributed by atoms with Gasteiger partial charge in [-0.25, -0.2) is 4.39 Å². The van der Waals surface area contributed by atoms with Crippen LogP contribution in [-0.2, 0) is 16.0 Å². The molecule has 1 fully saturated rings. The van der Waals surface area contributed by atoms with Crippen LogP contribution >= 0.6 is 0 Å². The number of aliphatic hydroxyl groups is 3. The summed E-state index contributed by atoms with van der Waals surface area (Å²) < 4.78 is 17.6. The number of hydrogen-bond donors (Lipinski definition) is 3. The lowest BCUT2D eigenvalue weighted by molar-refractivity contribution is -0.140. The quantitative estimate of drug-likeness (QED) is 0.331. The number of carbonyl (C=O) groups excluding carboxylic acids is 1. The lowest BCUT2D eigenvalue weighted by Crippen LogP contribution is -2.24. The first-order valence-electron chi connectivity index (χ1n) is 11.3. The fourth-order valence-electron chi connectivity index (χ4n) is 4.60. The second-order valence-corrected chi connectivity index (χ2v) is 8.62. The molecule has 1 saturated carbocycles. The first kappa shape index (κ1) is 24.8. The van der Waals surface area contributed by atoms with Gasteiger partial charge in [-0.05, 0) is 74.5 Å². The lowest BCUT2D eigenvalue weighted by atomic mass is 9.84. The van der Waals surface area contributed by atoms with Gasteiger partial charge in [-0.2, -0.15) is 0 Å². The molecule has 5 atom stereocenters. The highest BCUT2D eigenvalue weighted by molar-refractivity contribution is 5.68. The molecule has 5 nitrogen and oxygen atoms in total. The fraction of sp³-hybridized carbons (Fsp3) is 0.708. The Bertz CT molecular complexity index is 621. The average Bonchev–Trinajstić information content (AvgIpc) is 3.00. The minimum absolute atomic E-state index is 0.00976. The maximum atomic E-state index is 13.0. The predicted molar refractivity (Wildman–Crippen MR) is 113 cm³/mol. The van der Waals surface area contributed by atoms with Gasteiger partial charge in [-0.3, -0.25) is 4.79 Å². The van der Waals surface area contributed by atoms with Gasteiger partial charge in [-0.1, -0.05) is 31.4 Å². The zero-order chi connectivity index (χ0) is 21.9. The Morgan fingerprint density at radius 3 is 2.33 bits per heavy atom. The van der Waals surface area contributed by atoms with Crippen LogP contribution in [0.4, 0.5) is 4.39 Å². The van der Waals surface area contributed by atoms with Gasteiger partial charge in [0.1, 0.15) is 5.82 Å². The molecule has 0 bridgehead atoms. The second-order valence-electron chi connectivity index (χ2n) is 8.62. The molecule has 1 aliphatic rings. The molecule has 5 unspecified atom stereocenters. The Labute approximate surface area is 179 Å². The summed E-state index contributed by atoms with van der Waals surface area (Å²) in [6.07, 6.45) is 6.50. The van der Waals surface area contributed by atoms with Crippen molar-refractivity contribution < 1.29 is 29.2 Å². The highest BCUT2D eigenvalue weighted by Gasteiger charge is 2.40. The summed E-state index contributed by atoms with van der Waals surface area (Å²) in [7, 11) is 1.40. The number of methoxy groups -OCH3 is 1. The zero-order valence-corrected chi connectivity index (χ0v) is 18.0. The van der Waals surface area contributed by atoms with E-state index in [0.717, 1.165) is 37.7 Å². The van der Waals surface area contributed by atoms with Crippen LogP contribution in [0, 0.1) is 17.7 Å². The van der Waals surface area contributed by atoms with Crippen molar-refractivity contribution >= 4 is 5.97 Å². The van der Waals surface area contributed by atoms with Crippen molar-refractivity contribution in [1.82, 2.24) is 0 Å². The van der Waals surface area contributed by atoms with Gasteiger partial charge in [0.05, 0.1) is 25.4 Å². The SMILES string of the molecule is COC(=O)CCCCCCC1C(O)CC(O)C1CCC(O)CCc1ccc(F)cc1. The van der Waals surface area contributed by atoms with Crippen LogP contribution in [0.1, 0.15) is 69.8 Å². The molecule has 1 aromatic carbocycles. The highest BCUT2D eigenvalue weighted by Crippen LogP contribution is 2.39. The Balaban J connectivity index is 1.68. The molecular weight excluding hydrogens is 387 g/mol. The summed E-state index contributed by atoms with van der Waals surface area (Å²) in [5.74, 6) is -0.370. The van der Waals surface area contributed by atoms with Gasteiger partial charge >= 0.3 is 5.97 Å². The van der Waals surface area contributed by atoms with E-state index >= 15 is 0 Å². The first-order chi connectivity index (χ1) is 14.4. The number of hydrogen-bond acceptors (Lipinski definition) is 5. The number of aliphatic hydroxyl groups excluding tert-OH is 3. The molecule has 3 N–H and O–H groups in total. The highest BCUT2D eigenvalue weighted by atomic mass is 19.1. The van der Waals surface area contributed by atoms with E-state index in [2.05, 4.69) is 4.74 Å². The summed E-state index contributed by atoms with van der Waals surface area (Å²) in [6.45, 7) is 0. The summed E-state index contributed by atoms with van der Waals surface area (Å²) in [6, 6.07) is 6.33. The molecule has 1 aromatic rings. The smallest absolute Gasteiger partial charge is 0.305 e. The summed E-state index contributed by atoms with van der Waals surface area (Å²) in [5, 5.41) is 31.1. The maximum Gasteiger partial charge on any atom is 0.305 e. The van der Waals surface area contributed by atoms with Crippen molar-refractivity contribution in [1.29, 1.82) is 0 Å². The maximum absolute atomic E-state index is 13.0. The van der Waals surface area contributed by atoms with E-state index in [0.29, 0.717) is 38.5 Å². The molecule has 170 valence electrons. The van der Waals surface area contributed by atoms with Crippen LogP contribution in [-0.4, -0.2) is 46.7 Å². The fourth-order valence-corrected chi connectivity index (χ4v) is 4.60. The Morgan fingerprint density at radius 2 is 1.67 bits per heavy atom. The van der Waals surface area contributed by atoms with Crippen LogP contribution in [0.2, 0.25) is 0 Å². The molecule has 0 saturated heterocycles. The molecule has 1 aliphatic carbocycles. The summed E-state index contributed by atoms with van der Waals surface area (Å²) >= 11 is 0. The number of ether oxygens (including phenoxy) is 1. The van der Waals surface area contributed by atoms with Crippen LogP contribution < -0.4 is 0 Å². The molecule has 0 aliphatic heterocycles. The Morgan fingerprint density at radius 1 is 1.03 bits per heavy atom. The number of unbranched alkanes of at least 4 members (excludes halogenated alkanes) is 3. The van der Waals surface area contributed by atoms with Crippen molar-refractivity contribution in [3.05, 3.63) is 35.6 Å². The third kappa shape index (κ3) is 8.32. The van der Waals surface area contributed by atoms with Crippen LogP contribution in [0.5, 0.6) is 0 Å². The molecule has 0 aromatic heterocycles. The third-order valence-electron chi connectivity index (χ3n) is 6.43. The molecule has 0 radical (unpaired) electrons. The topological polar surface area (TPSA) is 87.0 Å². The van der Waals surface area contributed by atoms with Gasteiger partial charge in [0.25, 0.3) is 0 Å². The van der Waals surface area contributed by atoms with E-state index < -0.39 is 18.3 Å². The van der Waals surface area contributed by atoms with Crippen molar-refractivity contribution in [2.75, 3.05) is 7.11 Å².